The lowest BCUT2D eigenvalue weighted by Gasteiger charge is -2.02. The van der Waals surface area contributed by atoms with Crippen molar-refractivity contribution in [3.63, 3.8) is 0 Å². The van der Waals surface area contributed by atoms with Crippen molar-refractivity contribution in [2.75, 3.05) is 5.32 Å². The van der Waals surface area contributed by atoms with E-state index < -0.39 is 0 Å². The fourth-order valence-electron chi connectivity index (χ4n) is 3.00. The second-order valence-corrected chi connectivity index (χ2v) is 7.24. The molecule has 0 aliphatic carbocycles. The summed E-state index contributed by atoms with van der Waals surface area (Å²) in [6, 6.07) is 19.1. The molecule has 4 heterocycles. The van der Waals surface area contributed by atoms with Gasteiger partial charge in [0.1, 0.15) is 11.3 Å². The van der Waals surface area contributed by atoms with Crippen LogP contribution in [0.4, 0.5) is 5.13 Å². The second kappa shape index (κ2) is 7.29. The van der Waals surface area contributed by atoms with Crippen molar-refractivity contribution in [2.24, 2.45) is 0 Å². The average Bonchev–Trinajstić information content (AvgIpc) is 3.41. The summed E-state index contributed by atoms with van der Waals surface area (Å²) in [5.74, 6) is -0.223. The van der Waals surface area contributed by atoms with Crippen LogP contribution in [0.25, 0.3) is 28.3 Å². The van der Waals surface area contributed by atoms with E-state index in [1.54, 1.807) is 18.3 Å². The summed E-state index contributed by atoms with van der Waals surface area (Å²) in [5, 5.41) is 5.26. The third kappa shape index (κ3) is 3.51. The molecule has 1 amide bonds. The second-order valence-electron chi connectivity index (χ2n) is 6.38. The molecule has 0 radical (unpaired) electrons. The molecule has 0 spiro atoms. The zero-order valence-corrected chi connectivity index (χ0v) is 16.0. The molecule has 5 aromatic rings. The van der Waals surface area contributed by atoms with E-state index in [1.165, 1.54) is 11.3 Å². The first-order valence-corrected chi connectivity index (χ1v) is 9.87. The monoisotopic (exact) mass is 397 g/mol. The summed E-state index contributed by atoms with van der Waals surface area (Å²) < 4.78 is 1.90. The van der Waals surface area contributed by atoms with E-state index in [0.717, 1.165) is 22.6 Å². The maximum atomic E-state index is 12.7. The van der Waals surface area contributed by atoms with Crippen molar-refractivity contribution < 1.29 is 4.79 Å². The molecule has 0 bridgehead atoms. The Hall–Kier alpha value is -3.84. The highest BCUT2D eigenvalue weighted by Crippen LogP contribution is 2.24. The average molecular weight is 397 g/mol. The molecule has 4 aromatic heterocycles. The van der Waals surface area contributed by atoms with Gasteiger partial charge in [-0.25, -0.2) is 9.97 Å². The molecule has 7 heteroatoms. The van der Waals surface area contributed by atoms with Gasteiger partial charge in [0.2, 0.25) is 0 Å². The summed E-state index contributed by atoms with van der Waals surface area (Å²) in [6.45, 7) is 0. The fourth-order valence-corrected chi connectivity index (χ4v) is 3.70. The minimum absolute atomic E-state index is 0.223. The van der Waals surface area contributed by atoms with E-state index in [4.69, 9.17) is 0 Å². The number of rotatable bonds is 4. The van der Waals surface area contributed by atoms with E-state index in [-0.39, 0.29) is 5.91 Å². The number of nitrogens with zero attached hydrogens (tertiary/aromatic N) is 4. The van der Waals surface area contributed by atoms with Crippen molar-refractivity contribution >= 4 is 28.0 Å². The van der Waals surface area contributed by atoms with E-state index in [1.807, 2.05) is 70.7 Å². The van der Waals surface area contributed by atoms with Gasteiger partial charge < -0.3 is 4.40 Å². The maximum Gasteiger partial charge on any atom is 0.257 e. The number of amides is 1. The van der Waals surface area contributed by atoms with Crippen molar-refractivity contribution in [3.05, 3.63) is 90.2 Å². The van der Waals surface area contributed by atoms with Crippen molar-refractivity contribution in [1.82, 2.24) is 19.4 Å². The molecule has 1 N–H and O–H groups in total. The number of carbonyl (C=O) groups is 1. The first kappa shape index (κ1) is 17.3. The number of thiazole rings is 1. The van der Waals surface area contributed by atoms with Gasteiger partial charge in [-0.2, -0.15) is 0 Å². The topological polar surface area (TPSA) is 72.2 Å². The van der Waals surface area contributed by atoms with E-state index >= 15 is 0 Å². The molecule has 5 rings (SSSR count). The maximum absolute atomic E-state index is 12.7. The quantitative estimate of drug-likeness (QED) is 0.474. The predicted molar refractivity (Wildman–Crippen MR) is 114 cm³/mol. The molecular formula is C22H15N5OS. The van der Waals surface area contributed by atoms with Crippen molar-refractivity contribution in [2.45, 2.75) is 0 Å². The number of aromatic nitrogens is 4. The van der Waals surface area contributed by atoms with Crippen LogP contribution < -0.4 is 5.32 Å². The summed E-state index contributed by atoms with van der Waals surface area (Å²) >= 11 is 1.37. The number of fused-ring (bicyclic) bond motifs is 1. The smallest absolute Gasteiger partial charge is 0.257 e. The number of pyridine rings is 2. The minimum atomic E-state index is -0.223. The van der Waals surface area contributed by atoms with Crippen LogP contribution in [-0.4, -0.2) is 25.3 Å². The Morgan fingerprint density at radius 3 is 2.62 bits per heavy atom. The number of benzene rings is 1. The van der Waals surface area contributed by atoms with Crippen LogP contribution in [0.1, 0.15) is 10.4 Å². The Morgan fingerprint density at radius 2 is 1.79 bits per heavy atom. The Morgan fingerprint density at radius 1 is 0.931 bits per heavy atom. The van der Waals surface area contributed by atoms with Gasteiger partial charge in [0.05, 0.1) is 11.4 Å². The largest absolute Gasteiger partial charge is 0.306 e. The number of anilines is 1. The molecule has 0 saturated heterocycles. The van der Waals surface area contributed by atoms with E-state index in [9.17, 15) is 4.79 Å². The first-order chi connectivity index (χ1) is 14.3. The van der Waals surface area contributed by atoms with Crippen molar-refractivity contribution in [3.8, 4) is 22.6 Å². The lowest BCUT2D eigenvalue weighted by Crippen LogP contribution is -2.12. The SMILES string of the molecule is O=C(Nc1nc(-c2ccccn2)cs1)c1ccn2cc(-c3ccccc3)nc2c1. The molecule has 0 aliphatic heterocycles. The Balaban J connectivity index is 1.38. The highest BCUT2D eigenvalue weighted by molar-refractivity contribution is 7.14. The summed E-state index contributed by atoms with van der Waals surface area (Å²) in [5.41, 5.74) is 4.65. The fraction of sp³-hybridized carbons (Fsp3) is 0. The van der Waals surface area contributed by atoms with Crippen LogP contribution >= 0.6 is 11.3 Å². The summed E-state index contributed by atoms with van der Waals surface area (Å²) in [4.78, 5) is 26.1. The van der Waals surface area contributed by atoms with Gasteiger partial charge in [0, 0.05) is 35.1 Å². The normalized spacial score (nSPS) is 10.9. The number of hydrogen-bond donors (Lipinski definition) is 1. The van der Waals surface area contributed by atoms with Crippen LogP contribution in [0.5, 0.6) is 0 Å². The van der Waals surface area contributed by atoms with Crippen LogP contribution in [-0.2, 0) is 0 Å². The molecule has 0 unspecified atom stereocenters. The first-order valence-electron chi connectivity index (χ1n) is 8.99. The molecule has 0 atom stereocenters. The highest BCUT2D eigenvalue weighted by atomic mass is 32.1. The molecule has 0 fully saturated rings. The lowest BCUT2D eigenvalue weighted by molar-refractivity contribution is 0.102. The summed E-state index contributed by atoms with van der Waals surface area (Å²) in [7, 11) is 0. The highest BCUT2D eigenvalue weighted by Gasteiger charge is 2.12. The lowest BCUT2D eigenvalue weighted by atomic mass is 10.2. The van der Waals surface area contributed by atoms with E-state index in [2.05, 4.69) is 20.3 Å². The van der Waals surface area contributed by atoms with Gasteiger partial charge in [0.15, 0.2) is 5.13 Å². The van der Waals surface area contributed by atoms with Crippen LogP contribution in [0.15, 0.2) is 84.6 Å². The van der Waals surface area contributed by atoms with Crippen LogP contribution in [0, 0.1) is 0 Å². The van der Waals surface area contributed by atoms with Gasteiger partial charge in [0.25, 0.3) is 5.91 Å². The minimum Gasteiger partial charge on any atom is -0.306 e. The van der Waals surface area contributed by atoms with Gasteiger partial charge >= 0.3 is 0 Å². The number of imidazole rings is 1. The molecular weight excluding hydrogens is 382 g/mol. The number of hydrogen-bond acceptors (Lipinski definition) is 5. The summed E-state index contributed by atoms with van der Waals surface area (Å²) in [6.07, 6.45) is 5.51. The predicted octanol–water partition coefficient (Wildman–Crippen LogP) is 4.77. The Labute approximate surface area is 170 Å². The standard InChI is InChI=1S/C22H15N5OS/c28-21(26-22-25-19(14-29-22)17-8-4-5-10-23-17)16-9-11-27-13-18(24-20(27)12-16)15-6-2-1-3-7-15/h1-14H,(H,25,26,28). The number of nitrogens with one attached hydrogen (secondary N) is 1. The van der Waals surface area contributed by atoms with Gasteiger partial charge in [-0.05, 0) is 24.3 Å². The Bertz CT molecular complexity index is 1290. The third-order valence-corrected chi connectivity index (χ3v) is 5.20. The zero-order valence-electron chi connectivity index (χ0n) is 15.2. The molecule has 29 heavy (non-hydrogen) atoms. The molecule has 0 aliphatic rings. The van der Waals surface area contributed by atoms with Crippen molar-refractivity contribution in [1.29, 1.82) is 0 Å². The molecule has 140 valence electrons. The number of carbonyl (C=O) groups excluding carboxylic acids is 1. The molecule has 1 aromatic carbocycles. The molecule has 0 saturated carbocycles. The Kier molecular flexibility index (Phi) is 4.34. The van der Waals surface area contributed by atoms with Gasteiger partial charge in [-0.15, -0.1) is 11.3 Å². The van der Waals surface area contributed by atoms with Gasteiger partial charge in [-0.1, -0.05) is 36.4 Å². The van der Waals surface area contributed by atoms with Crippen LogP contribution in [0.3, 0.4) is 0 Å². The van der Waals surface area contributed by atoms with E-state index in [0.29, 0.717) is 16.3 Å². The zero-order chi connectivity index (χ0) is 19.6. The molecule has 6 nitrogen and oxygen atoms in total. The third-order valence-electron chi connectivity index (χ3n) is 4.44. The van der Waals surface area contributed by atoms with Crippen LogP contribution in [0.2, 0.25) is 0 Å². The van der Waals surface area contributed by atoms with Gasteiger partial charge in [-0.3, -0.25) is 15.1 Å².